The molecule has 1 atom stereocenters. The number of carbonyl (C=O) groups excluding carboxylic acids is 1. The van der Waals surface area contributed by atoms with Crippen LogP contribution in [-0.2, 0) is 4.74 Å². The van der Waals surface area contributed by atoms with Gasteiger partial charge in [0, 0.05) is 37.4 Å². The molecule has 1 aromatic heterocycles. The molecular formula is C25H27Cl2N3O2. The summed E-state index contributed by atoms with van der Waals surface area (Å²) in [6.07, 6.45) is 1.60. The second-order valence-corrected chi connectivity index (χ2v) is 7.95. The molecule has 0 radical (unpaired) electrons. The molecule has 0 saturated carbocycles. The fraction of sp³-hybridized carbons (Fsp3) is 0.280. The zero-order valence-corrected chi connectivity index (χ0v) is 19.5. The predicted molar refractivity (Wildman–Crippen MR) is 131 cm³/mol. The average Bonchev–Trinajstić information content (AvgIpc) is 3.12. The highest BCUT2D eigenvalue weighted by atomic mass is 35.5. The molecule has 0 bridgehead atoms. The Morgan fingerprint density at radius 2 is 1.69 bits per heavy atom. The highest BCUT2D eigenvalue weighted by molar-refractivity contribution is 5.85. The number of amides is 1. The molecule has 1 fully saturated rings. The van der Waals surface area contributed by atoms with Crippen molar-refractivity contribution in [2.45, 2.75) is 18.9 Å². The smallest absolute Gasteiger partial charge is 0.410 e. The minimum atomic E-state index is -0.260. The molecule has 3 aromatic rings. The van der Waals surface area contributed by atoms with Crippen LogP contribution in [0.1, 0.15) is 34.3 Å². The number of pyridine rings is 1. The monoisotopic (exact) mass is 471 g/mol. The second-order valence-electron chi connectivity index (χ2n) is 7.95. The fourth-order valence-corrected chi connectivity index (χ4v) is 4.57. The lowest BCUT2D eigenvalue weighted by molar-refractivity contribution is 0.0752. The van der Waals surface area contributed by atoms with Gasteiger partial charge in [0.1, 0.15) is 6.61 Å². The molecule has 1 aliphatic heterocycles. The molecule has 168 valence electrons. The van der Waals surface area contributed by atoms with Gasteiger partial charge in [0.2, 0.25) is 0 Å². The molecule has 5 nitrogen and oxygen atoms in total. The van der Waals surface area contributed by atoms with Crippen molar-refractivity contribution in [3.8, 4) is 11.1 Å². The number of ether oxygens (including phenoxy) is 1. The number of nitrogens with zero attached hydrogens (tertiary/aromatic N) is 2. The van der Waals surface area contributed by atoms with Gasteiger partial charge in [-0.3, -0.25) is 9.88 Å². The second kappa shape index (κ2) is 10.3. The van der Waals surface area contributed by atoms with Crippen molar-refractivity contribution in [2.75, 3.05) is 26.2 Å². The Balaban J connectivity index is 0.00000144. The van der Waals surface area contributed by atoms with Gasteiger partial charge < -0.3 is 10.1 Å². The van der Waals surface area contributed by atoms with E-state index < -0.39 is 0 Å². The van der Waals surface area contributed by atoms with Crippen molar-refractivity contribution < 1.29 is 9.53 Å². The van der Waals surface area contributed by atoms with Gasteiger partial charge in [0.15, 0.2) is 0 Å². The number of aromatic nitrogens is 1. The Morgan fingerprint density at radius 1 is 1.03 bits per heavy atom. The number of aryl methyl sites for hydroxylation is 1. The number of benzene rings is 2. The standard InChI is InChI=1S/C25H25N3O2.2ClH/c1-17-10-11-18(14-27-17)24-15-26-12-13-28(24)25(29)30-16-23-21-8-4-2-6-19(21)20-7-3-5-9-22(20)23;;/h2-11,14,23-24,26H,12-13,15-16H2,1H3;2*1H. The van der Waals surface area contributed by atoms with Gasteiger partial charge in [0.25, 0.3) is 0 Å². The lowest BCUT2D eigenvalue weighted by Crippen LogP contribution is -2.49. The summed E-state index contributed by atoms with van der Waals surface area (Å²) in [5.41, 5.74) is 6.92. The van der Waals surface area contributed by atoms with Crippen LogP contribution in [-0.4, -0.2) is 42.2 Å². The summed E-state index contributed by atoms with van der Waals surface area (Å²) in [4.78, 5) is 19.3. The largest absolute Gasteiger partial charge is 0.448 e. The van der Waals surface area contributed by atoms with Crippen molar-refractivity contribution >= 4 is 30.9 Å². The molecule has 1 N–H and O–H groups in total. The molecular weight excluding hydrogens is 445 g/mol. The quantitative estimate of drug-likeness (QED) is 0.575. The number of halogens is 2. The zero-order chi connectivity index (χ0) is 20.5. The van der Waals surface area contributed by atoms with Gasteiger partial charge in [-0.1, -0.05) is 54.6 Å². The van der Waals surface area contributed by atoms with Gasteiger partial charge in [0.05, 0.1) is 6.04 Å². The van der Waals surface area contributed by atoms with Gasteiger partial charge in [-0.25, -0.2) is 4.79 Å². The van der Waals surface area contributed by atoms with Gasteiger partial charge >= 0.3 is 6.09 Å². The molecule has 1 aliphatic carbocycles. The van der Waals surface area contributed by atoms with Gasteiger partial charge in [-0.2, -0.15) is 0 Å². The van der Waals surface area contributed by atoms with Crippen molar-refractivity contribution in [1.29, 1.82) is 0 Å². The lowest BCUT2D eigenvalue weighted by Gasteiger charge is -2.35. The Labute approximate surface area is 201 Å². The number of carbonyl (C=O) groups is 1. The summed E-state index contributed by atoms with van der Waals surface area (Å²) in [5, 5.41) is 3.38. The van der Waals surface area contributed by atoms with E-state index in [4.69, 9.17) is 4.74 Å². The van der Waals surface area contributed by atoms with E-state index in [1.807, 2.05) is 30.2 Å². The molecule has 7 heteroatoms. The summed E-state index contributed by atoms with van der Waals surface area (Å²) >= 11 is 0. The van der Waals surface area contributed by atoms with E-state index in [1.54, 1.807) is 0 Å². The van der Waals surface area contributed by atoms with Crippen LogP contribution in [0.3, 0.4) is 0 Å². The van der Waals surface area contributed by atoms with Gasteiger partial charge in [-0.05, 0) is 40.8 Å². The van der Waals surface area contributed by atoms with E-state index in [0.717, 1.165) is 17.8 Å². The number of piperazine rings is 1. The Bertz CT molecular complexity index is 1030. The van der Waals surface area contributed by atoms with Crippen molar-refractivity contribution in [2.24, 2.45) is 0 Å². The Hall–Kier alpha value is -2.60. The normalized spacial score (nSPS) is 16.9. The minimum Gasteiger partial charge on any atom is -0.448 e. The highest BCUT2D eigenvalue weighted by Crippen LogP contribution is 2.44. The third kappa shape index (κ3) is 4.46. The maximum absolute atomic E-state index is 13.1. The van der Waals surface area contributed by atoms with E-state index >= 15 is 0 Å². The molecule has 1 amide bonds. The number of fused-ring (bicyclic) bond motifs is 3. The molecule has 5 rings (SSSR count). The molecule has 1 saturated heterocycles. The Kier molecular flexibility index (Phi) is 7.77. The number of nitrogens with one attached hydrogen (secondary N) is 1. The van der Waals surface area contributed by atoms with Crippen LogP contribution in [0.25, 0.3) is 11.1 Å². The summed E-state index contributed by atoms with van der Waals surface area (Å²) in [6.45, 7) is 4.39. The molecule has 1 unspecified atom stereocenters. The summed E-state index contributed by atoms with van der Waals surface area (Å²) in [5.74, 6) is 0.0729. The van der Waals surface area contributed by atoms with Crippen molar-refractivity contribution in [3.05, 3.63) is 89.2 Å². The highest BCUT2D eigenvalue weighted by Gasteiger charge is 2.32. The van der Waals surface area contributed by atoms with Crippen LogP contribution in [0.15, 0.2) is 66.9 Å². The summed E-state index contributed by atoms with van der Waals surface area (Å²) in [7, 11) is 0. The van der Waals surface area contributed by atoms with E-state index in [2.05, 4.69) is 58.8 Å². The van der Waals surface area contributed by atoms with E-state index in [9.17, 15) is 4.79 Å². The van der Waals surface area contributed by atoms with E-state index in [-0.39, 0.29) is 42.9 Å². The first-order chi connectivity index (χ1) is 14.7. The minimum absolute atomic E-state index is 0. The molecule has 2 heterocycles. The van der Waals surface area contributed by atoms with Crippen LogP contribution in [0, 0.1) is 6.92 Å². The Morgan fingerprint density at radius 3 is 2.31 bits per heavy atom. The topological polar surface area (TPSA) is 54.5 Å². The van der Waals surface area contributed by atoms with Crippen molar-refractivity contribution in [3.63, 3.8) is 0 Å². The third-order valence-electron chi connectivity index (χ3n) is 6.13. The third-order valence-corrected chi connectivity index (χ3v) is 6.13. The molecule has 2 aromatic carbocycles. The first kappa shape index (κ1) is 24.1. The van der Waals surface area contributed by atoms with Crippen molar-refractivity contribution in [1.82, 2.24) is 15.2 Å². The number of hydrogen-bond donors (Lipinski definition) is 1. The van der Waals surface area contributed by atoms with Crippen LogP contribution in [0.4, 0.5) is 4.79 Å². The predicted octanol–water partition coefficient (Wildman–Crippen LogP) is 5.13. The number of rotatable bonds is 3. The number of hydrogen-bond acceptors (Lipinski definition) is 4. The van der Waals surface area contributed by atoms with Crippen LogP contribution in [0.2, 0.25) is 0 Å². The summed E-state index contributed by atoms with van der Waals surface area (Å²) in [6, 6.07) is 20.8. The maximum Gasteiger partial charge on any atom is 0.410 e. The zero-order valence-electron chi connectivity index (χ0n) is 17.9. The van der Waals surface area contributed by atoms with E-state index in [1.165, 1.54) is 22.3 Å². The molecule has 32 heavy (non-hydrogen) atoms. The van der Waals surface area contributed by atoms with Crippen LogP contribution in [0.5, 0.6) is 0 Å². The molecule has 0 spiro atoms. The first-order valence-electron chi connectivity index (χ1n) is 10.5. The molecule has 2 aliphatic rings. The lowest BCUT2D eigenvalue weighted by atomic mass is 9.98. The SMILES string of the molecule is Cc1ccc(C2CNCCN2C(=O)OCC2c3ccccc3-c3ccccc32)cn1.Cl.Cl. The van der Waals surface area contributed by atoms with Crippen LogP contribution >= 0.6 is 24.8 Å². The first-order valence-corrected chi connectivity index (χ1v) is 10.5. The average molecular weight is 472 g/mol. The van der Waals surface area contributed by atoms with E-state index in [0.29, 0.717) is 19.7 Å². The fourth-order valence-electron chi connectivity index (χ4n) is 4.57. The van der Waals surface area contributed by atoms with Crippen LogP contribution < -0.4 is 5.32 Å². The maximum atomic E-state index is 13.1. The summed E-state index contributed by atoms with van der Waals surface area (Å²) < 4.78 is 5.89. The van der Waals surface area contributed by atoms with Gasteiger partial charge in [-0.15, -0.1) is 24.8 Å².